The lowest BCUT2D eigenvalue weighted by atomic mass is 9.99. The number of rotatable bonds is 8. The van der Waals surface area contributed by atoms with Gasteiger partial charge in [0.15, 0.2) is 5.66 Å². The Bertz CT molecular complexity index is 436. The van der Waals surface area contributed by atoms with Crippen LogP contribution in [0.25, 0.3) is 0 Å². The molecule has 0 bridgehead atoms. The zero-order valence-corrected chi connectivity index (χ0v) is 13.6. The summed E-state index contributed by atoms with van der Waals surface area (Å²) in [7, 11) is 1.73. The smallest absolute Gasteiger partial charge is 0.222 e. The van der Waals surface area contributed by atoms with Gasteiger partial charge in [-0.25, -0.2) is 0 Å². The average molecular weight is 305 g/mol. The number of nitrogens with zero attached hydrogens (tertiary/aromatic N) is 3. The van der Waals surface area contributed by atoms with E-state index >= 15 is 0 Å². The molecule has 0 spiro atoms. The van der Waals surface area contributed by atoms with Crippen LogP contribution in [0, 0.1) is 18.3 Å². The van der Waals surface area contributed by atoms with E-state index in [9.17, 15) is 4.79 Å². The molecule has 0 radical (unpaired) electrons. The molecule has 1 amide bonds. The van der Waals surface area contributed by atoms with E-state index in [0.29, 0.717) is 25.2 Å². The lowest BCUT2D eigenvalue weighted by Gasteiger charge is -2.25. The second-order valence-electron chi connectivity index (χ2n) is 6.37. The third kappa shape index (κ3) is 5.10. The van der Waals surface area contributed by atoms with E-state index in [0.717, 1.165) is 39.0 Å². The van der Waals surface area contributed by atoms with E-state index in [2.05, 4.69) is 16.1 Å². The number of carbonyl (C=O) groups excluding carboxylic acids is 1. The molecule has 0 aliphatic carbocycles. The molecule has 0 saturated carbocycles. The molecule has 2 rings (SSSR count). The van der Waals surface area contributed by atoms with Crippen molar-refractivity contribution in [3.05, 3.63) is 0 Å². The molecule has 122 valence electrons. The Balaban J connectivity index is 1.77. The maximum atomic E-state index is 12.5. The summed E-state index contributed by atoms with van der Waals surface area (Å²) in [5.41, 5.74) is -0.344. The topological polar surface area (TPSA) is 54.3 Å². The second-order valence-corrected chi connectivity index (χ2v) is 6.37. The van der Waals surface area contributed by atoms with Gasteiger partial charge in [0, 0.05) is 52.5 Å². The molecule has 0 aromatic rings. The van der Waals surface area contributed by atoms with Crippen molar-refractivity contribution in [3.63, 3.8) is 0 Å². The minimum Gasteiger partial charge on any atom is -0.385 e. The highest BCUT2D eigenvalue weighted by Gasteiger charge is 2.39. The predicted octanol–water partition coefficient (Wildman–Crippen LogP) is 3.01. The highest BCUT2D eigenvalue weighted by molar-refractivity contribution is 5.76. The Kier molecular flexibility index (Phi) is 6.38. The molecule has 1 unspecified atom stereocenters. The van der Waals surface area contributed by atoms with Crippen LogP contribution in [0.2, 0.25) is 0 Å². The van der Waals surface area contributed by atoms with Crippen LogP contribution >= 0.6 is 0 Å². The Hall–Kier alpha value is -1.41. The van der Waals surface area contributed by atoms with Crippen molar-refractivity contribution in [2.24, 2.45) is 16.1 Å². The van der Waals surface area contributed by atoms with Crippen molar-refractivity contribution in [1.29, 1.82) is 0 Å². The van der Waals surface area contributed by atoms with Crippen LogP contribution in [-0.2, 0) is 9.53 Å². The zero-order valence-electron chi connectivity index (χ0n) is 13.6. The molecule has 2 aliphatic rings. The van der Waals surface area contributed by atoms with E-state index in [1.54, 1.807) is 7.11 Å². The monoisotopic (exact) mass is 305 g/mol. The van der Waals surface area contributed by atoms with Gasteiger partial charge in [0.1, 0.15) is 0 Å². The Morgan fingerprint density at radius 3 is 2.91 bits per heavy atom. The normalized spacial score (nSPS) is 22.9. The fourth-order valence-corrected chi connectivity index (χ4v) is 3.11. The van der Waals surface area contributed by atoms with Crippen molar-refractivity contribution < 1.29 is 9.53 Å². The summed E-state index contributed by atoms with van der Waals surface area (Å²) in [5.74, 6) is 3.43. The third-order valence-corrected chi connectivity index (χ3v) is 4.64. The van der Waals surface area contributed by atoms with Crippen LogP contribution in [0.4, 0.5) is 0 Å². The lowest BCUT2D eigenvalue weighted by Crippen LogP contribution is -2.35. The van der Waals surface area contributed by atoms with Crippen LogP contribution in [0.15, 0.2) is 10.2 Å². The highest BCUT2D eigenvalue weighted by Crippen LogP contribution is 2.37. The van der Waals surface area contributed by atoms with Gasteiger partial charge in [-0.15, -0.1) is 12.3 Å². The first kappa shape index (κ1) is 17.0. The summed E-state index contributed by atoms with van der Waals surface area (Å²) in [6, 6.07) is 0. The third-order valence-electron chi connectivity index (χ3n) is 4.64. The Morgan fingerprint density at radius 2 is 2.23 bits per heavy atom. The Morgan fingerprint density at radius 1 is 1.41 bits per heavy atom. The summed E-state index contributed by atoms with van der Waals surface area (Å²) in [6.45, 7) is 2.53. The predicted molar refractivity (Wildman–Crippen MR) is 85.3 cm³/mol. The molecule has 1 atom stereocenters. The number of likely N-dealkylation sites (tertiary alicyclic amines) is 1. The van der Waals surface area contributed by atoms with Crippen molar-refractivity contribution in [1.82, 2.24) is 4.90 Å². The van der Waals surface area contributed by atoms with Gasteiger partial charge in [-0.05, 0) is 25.2 Å². The quantitative estimate of drug-likeness (QED) is 0.647. The molecule has 22 heavy (non-hydrogen) atoms. The van der Waals surface area contributed by atoms with Crippen molar-refractivity contribution in [2.45, 2.75) is 57.0 Å². The second kappa shape index (κ2) is 8.28. The van der Waals surface area contributed by atoms with E-state index in [4.69, 9.17) is 11.2 Å². The SMILES string of the molecule is C#CCCC1(CCC(=O)N2CCCCC(CCOC)C2)N=N1. The molecule has 5 nitrogen and oxygen atoms in total. The maximum Gasteiger partial charge on any atom is 0.222 e. The highest BCUT2D eigenvalue weighted by atomic mass is 16.5. The molecular weight excluding hydrogens is 278 g/mol. The average Bonchev–Trinajstić information content (AvgIpc) is 3.33. The van der Waals surface area contributed by atoms with Gasteiger partial charge in [-0.3, -0.25) is 4.79 Å². The van der Waals surface area contributed by atoms with E-state index in [1.165, 1.54) is 12.8 Å². The van der Waals surface area contributed by atoms with Crippen molar-refractivity contribution in [3.8, 4) is 12.3 Å². The lowest BCUT2D eigenvalue weighted by molar-refractivity contribution is -0.132. The Labute approximate surface area is 133 Å². The largest absolute Gasteiger partial charge is 0.385 e. The van der Waals surface area contributed by atoms with Gasteiger partial charge in [-0.2, -0.15) is 10.2 Å². The fraction of sp³-hybridized carbons (Fsp3) is 0.824. The standard InChI is InChI=1S/C17H27N3O2/c1-3-4-10-17(18-19-17)11-8-16(21)20-12-6-5-7-15(14-20)9-13-22-2/h1,15H,4-14H2,2H3. The molecule has 2 aliphatic heterocycles. The van der Waals surface area contributed by atoms with Crippen molar-refractivity contribution in [2.75, 3.05) is 26.8 Å². The van der Waals surface area contributed by atoms with Gasteiger partial charge < -0.3 is 9.64 Å². The molecule has 1 saturated heterocycles. The van der Waals surface area contributed by atoms with Gasteiger partial charge in [-0.1, -0.05) is 6.42 Å². The molecule has 0 N–H and O–H groups in total. The number of hydrogen-bond acceptors (Lipinski definition) is 4. The van der Waals surface area contributed by atoms with Gasteiger partial charge in [0.05, 0.1) is 0 Å². The molecular formula is C17H27N3O2. The van der Waals surface area contributed by atoms with Crippen LogP contribution in [0.3, 0.4) is 0 Å². The molecule has 0 aromatic heterocycles. The van der Waals surface area contributed by atoms with Crippen LogP contribution in [0.1, 0.15) is 51.4 Å². The number of hydrogen-bond donors (Lipinski definition) is 0. The first-order valence-electron chi connectivity index (χ1n) is 8.33. The van der Waals surface area contributed by atoms with Crippen LogP contribution in [0.5, 0.6) is 0 Å². The van der Waals surface area contributed by atoms with E-state index in [1.807, 2.05) is 4.90 Å². The summed E-state index contributed by atoms with van der Waals surface area (Å²) in [4.78, 5) is 14.5. The van der Waals surface area contributed by atoms with Crippen LogP contribution < -0.4 is 0 Å². The molecule has 2 heterocycles. The minimum atomic E-state index is -0.344. The minimum absolute atomic E-state index is 0.238. The summed E-state index contributed by atoms with van der Waals surface area (Å²) < 4.78 is 5.17. The number of amides is 1. The number of methoxy groups -OCH3 is 1. The molecule has 0 aromatic carbocycles. The van der Waals surface area contributed by atoms with E-state index in [-0.39, 0.29) is 11.6 Å². The van der Waals surface area contributed by atoms with Gasteiger partial charge >= 0.3 is 0 Å². The first-order valence-corrected chi connectivity index (χ1v) is 8.33. The first-order chi connectivity index (χ1) is 10.7. The van der Waals surface area contributed by atoms with E-state index < -0.39 is 0 Å². The maximum absolute atomic E-state index is 12.5. The molecule has 1 fully saturated rings. The zero-order chi connectivity index (χ0) is 15.8. The molecule has 5 heteroatoms. The summed E-state index contributed by atoms with van der Waals surface area (Å²) in [5, 5.41) is 8.21. The number of ether oxygens (including phenoxy) is 1. The van der Waals surface area contributed by atoms with Gasteiger partial charge in [0.25, 0.3) is 0 Å². The van der Waals surface area contributed by atoms with Crippen LogP contribution in [-0.4, -0.2) is 43.3 Å². The summed E-state index contributed by atoms with van der Waals surface area (Å²) in [6.07, 6.45) is 12.5. The fourth-order valence-electron chi connectivity index (χ4n) is 3.11. The number of terminal acetylenes is 1. The van der Waals surface area contributed by atoms with Gasteiger partial charge in [0.2, 0.25) is 5.91 Å². The summed E-state index contributed by atoms with van der Waals surface area (Å²) >= 11 is 0. The van der Waals surface area contributed by atoms with Crippen molar-refractivity contribution >= 4 is 5.91 Å². The number of carbonyl (C=O) groups is 1.